The molecule has 2 nitrogen and oxygen atoms in total. The lowest BCUT2D eigenvalue weighted by Crippen LogP contribution is -2.41. The summed E-state index contributed by atoms with van der Waals surface area (Å²) in [5.74, 6) is 0. The molecule has 0 aliphatic carbocycles. The molecule has 0 atom stereocenters. The average molecular weight is 360 g/mol. The molecule has 3 heteroatoms. The Kier molecular flexibility index (Phi) is 5.46. The monoisotopic (exact) mass is 360 g/mol. The van der Waals surface area contributed by atoms with Crippen LogP contribution in [0.25, 0.3) is 16.8 Å². The molecule has 2 aromatic rings. The highest BCUT2D eigenvalue weighted by Gasteiger charge is 2.51. The molecule has 0 amide bonds. The number of hydrogen-bond donors (Lipinski definition) is 0. The minimum atomic E-state index is -0.345. The van der Waals surface area contributed by atoms with Crippen molar-refractivity contribution in [3.05, 3.63) is 78.3 Å². The molecule has 0 unspecified atom stereocenters. The van der Waals surface area contributed by atoms with E-state index in [0.29, 0.717) is 0 Å². The largest absolute Gasteiger partial charge is 0.489 e. The van der Waals surface area contributed by atoms with Gasteiger partial charge in [-0.2, -0.15) is 0 Å². The van der Waals surface area contributed by atoms with Crippen LogP contribution in [-0.4, -0.2) is 18.3 Å². The Labute approximate surface area is 163 Å². The zero-order chi connectivity index (χ0) is 19.7. The topological polar surface area (TPSA) is 18.5 Å². The van der Waals surface area contributed by atoms with E-state index in [1.54, 1.807) is 0 Å². The number of hydrogen-bond acceptors (Lipinski definition) is 2. The Balaban J connectivity index is 1.79. The molecule has 140 valence electrons. The molecule has 1 aliphatic rings. The molecule has 0 radical (unpaired) electrons. The van der Waals surface area contributed by atoms with Crippen LogP contribution in [0.1, 0.15) is 45.2 Å². The van der Waals surface area contributed by atoms with E-state index in [4.69, 9.17) is 9.31 Å². The molecular weight excluding hydrogens is 331 g/mol. The molecule has 1 heterocycles. The van der Waals surface area contributed by atoms with Gasteiger partial charge in [0.2, 0.25) is 0 Å². The van der Waals surface area contributed by atoms with Crippen LogP contribution in [0.5, 0.6) is 0 Å². The molecule has 0 saturated carbocycles. The fourth-order valence-electron chi connectivity index (χ4n) is 3.27. The normalized spacial score (nSPS) is 18.3. The van der Waals surface area contributed by atoms with Crippen molar-refractivity contribution in [2.45, 2.75) is 51.7 Å². The molecule has 0 aromatic heterocycles. The summed E-state index contributed by atoms with van der Waals surface area (Å²) in [5, 5.41) is 2.50. The van der Waals surface area contributed by atoms with Crippen molar-refractivity contribution < 1.29 is 9.31 Å². The van der Waals surface area contributed by atoms with Gasteiger partial charge >= 0.3 is 7.12 Å². The Morgan fingerprint density at radius 3 is 2.22 bits per heavy atom. The third kappa shape index (κ3) is 4.10. The first-order valence-corrected chi connectivity index (χ1v) is 9.57. The summed E-state index contributed by atoms with van der Waals surface area (Å²) in [7, 11) is -0.345. The summed E-state index contributed by atoms with van der Waals surface area (Å²) in [5.41, 5.74) is 2.84. The SMILES string of the molecule is C=C/C=C\c1cc2ccccc2cc1CCC(=C)B1OC(C)(C)C(C)(C)O1. The Morgan fingerprint density at radius 2 is 1.63 bits per heavy atom. The van der Waals surface area contributed by atoms with E-state index in [-0.39, 0.29) is 18.3 Å². The number of allylic oxidation sites excluding steroid dienone is 3. The Morgan fingerprint density at radius 1 is 1.04 bits per heavy atom. The van der Waals surface area contributed by atoms with Crippen molar-refractivity contribution in [1.29, 1.82) is 0 Å². The van der Waals surface area contributed by atoms with Gasteiger partial charge in [-0.1, -0.05) is 55.1 Å². The smallest absolute Gasteiger partial charge is 0.400 e. The summed E-state index contributed by atoms with van der Waals surface area (Å²) in [4.78, 5) is 0. The van der Waals surface area contributed by atoms with Crippen LogP contribution in [0.3, 0.4) is 0 Å². The molecule has 3 rings (SSSR count). The van der Waals surface area contributed by atoms with Gasteiger partial charge in [-0.05, 0) is 74.0 Å². The third-order valence-corrected chi connectivity index (χ3v) is 5.72. The van der Waals surface area contributed by atoms with Crippen molar-refractivity contribution >= 4 is 24.0 Å². The van der Waals surface area contributed by atoms with E-state index < -0.39 is 0 Å². The fourth-order valence-corrected chi connectivity index (χ4v) is 3.27. The number of rotatable bonds is 6. The van der Waals surface area contributed by atoms with E-state index in [0.717, 1.165) is 18.3 Å². The van der Waals surface area contributed by atoms with Gasteiger partial charge in [0.05, 0.1) is 11.2 Å². The molecule has 2 aromatic carbocycles. The first-order chi connectivity index (χ1) is 12.7. The standard InChI is InChI=1S/C24H29BO2/c1-7-8-11-19-16-20-12-9-10-13-21(20)17-22(19)15-14-18(2)25-26-23(3,4)24(5,6)27-25/h7-13,16-17H,1-2,14-15H2,3-6H3/b11-8-. The molecule has 1 aliphatic heterocycles. The number of aryl methyl sites for hydroxylation is 1. The minimum Gasteiger partial charge on any atom is -0.400 e. The van der Waals surface area contributed by atoms with Crippen LogP contribution in [-0.2, 0) is 15.7 Å². The van der Waals surface area contributed by atoms with E-state index >= 15 is 0 Å². The predicted octanol–water partition coefficient (Wildman–Crippen LogP) is 6.16. The average Bonchev–Trinajstić information content (AvgIpc) is 2.85. The van der Waals surface area contributed by atoms with Crippen LogP contribution in [0.2, 0.25) is 0 Å². The Bertz CT molecular complexity index is 876. The van der Waals surface area contributed by atoms with Gasteiger partial charge in [0.15, 0.2) is 0 Å². The van der Waals surface area contributed by atoms with Gasteiger partial charge < -0.3 is 9.31 Å². The van der Waals surface area contributed by atoms with Gasteiger partial charge in [-0.15, -0.1) is 6.58 Å². The van der Waals surface area contributed by atoms with Crippen LogP contribution in [0.15, 0.2) is 67.2 Å². The van der Waals surface area contributed by atoms with Crippen molar-refractivity contribution in [3.8, 4) is 0 Å². The highest BCUT2D eigenvalue weighted by molar-refractivity contribution is 6.54. The van der Waals surface area contributed by atoms with Crippen LogP contribution >= 0.6 is 0 Å². The van der Waals surface area contributed by atoms with E-state index in [1.807, 2.05) is 12.2 Å². The second kappa shape index (κ2) is 7.50. The first-order valence-electron chi connectivity index (χ1n) is 9.57. The maximum atomic E-state index is 6.13. The fraction of sp³-hybridized carbons (Fsp3) is 0.333. The van der Waals surface area contributed by atoms with E-state index in [9.17, 15) is 0 Å². The van der Waals surface area contributed by atoms with Gasteiger partial charge in [-0.3, -0.25) is 0 Å². The van der Waals surface area contributed by atoms with Gasteiger partial charge in [0.25, 0.3) is 0 Å². The van der Waals surface area contributed by atoms with Crippen molar-refractivity contribution in [2.75, 3.05) is 0 Å². The van der Waals surface area contributed by atoms with Gasteiger partial charge in [-0.25, -0.2) is 0 Å². The first kappa shape index (κ1) is 19.7. The number of benzene rings is 2. The van der Waals surface area contributed by atoms with Gasteiger partial charge in [0, 0.05) is 0 Å². The maximum Gasteiger partial charge on any atom is 0.489 e. The molecule has 0 bridgehead atoms. The zero-order valence-electron chi connectivity index (χ0n) is 16.9. The lowest BCUT2D eigenvalue weighted by molar-refractivity contribution is 0.00578. The maximum absolute atomic E-state index is 6.13. The summed E-state index contributed by atoms with van der Waals surface area (Å²) in [6, 6.07) is 13.0. The van der Waals surface area contributed by atoms with Crippen molar-refractivity contribution in [2.24, 2.45) is 0 Å². The van der Waals surface area contributed by atoms with E-state index in [2.05, 4.69) is 83.3 Å². The van der Waals surface area contributed by atoms with Crippen LogP contribution < -0.4 is 0 Å². The van der Waals surface area contributed by atoms with Crippen molar-refractivity contribution in [3.63, 3.8) is 0 Å². The van der Waals surface area contributed by atoms with Gasteiger partial charge in [0.1, 0.15) is 0 Å². The Hall–Kier alpha value is -2.10. The summed E-state index contributed by atoms with van der Waals surface area (Å²) >= 11 is 0. The predicted molar refractivity (Wildman–Crippen MR) is 117 cm³/mol. The molecule has 1 saturated heterocycles. The minimum absolute atomic E-state index is 0.332. The lowest BCUT2D eigenvalue weighted by Gasteiger charge is -2.32. The van der Waals surface area contributed by atoms with Crippen LogP contribution in [0.4, 0.5) is 0 Å². The quantitative estimate of drug-likeness (QED) is 0.454. The third-order valence-electron chi connectivity index (χ3n) is 5.72. The van der Waals surface area contributed by atoms with E-state index in [1.165, 1.54) is 21.9 Å². The molecule has 27 heavy (non-hydrogen) atoms. The zero-order valence-corrected chi connectivity index (χ0v) is 16.9. The highest BCUT2D eigenvalue weighted by Crippen LogP contribution is 2.39. The second-order valence-electron chi connectivity index (χ2n) is 8.24. The summed E-state index contributed by atoms with van der Waals surface area (Å²) in [6.07, 6.45) is 7.62. The molecule has 0 spiro atoms. The molecular formula is C24H29BO2. The summed E-state index contributed by atoms with van der Waals surface area (Å²) in [6.45, 7) is 16.3. The molecule has 1 fully saturated rings. The highest BCUT2D eigenvalue weighted by atomic mass is 16.7. The number of fused-ring (bicyclic) bond motifs is 1. The second-order valence-corrected chi connectivity index (χ2v) is 8.24. The van der Waals surface area contributed by atoms with Crippen LogP contribution in [0, 0.1) is 0 Å². The summed E-state index contributed by atoms with van der Waals surface area (Å²) < 4.78 is 12.3. The lowest BCUT2D eigenvalue weighted by atomic mass is 9.76. The molecule has 0 N–H and O–H groups in total. The van der Waals surface area contributed by atoms with Crippen molar-refractivity contribution in [1.82, 2.24) is 0 Å².